The van der Waals surface area contributed by atoms with Gasteiger partial charge < -0.3 is 14.2 Å². The van der Waals surface area contributed by atoms with Gasteiger partial charge in [-0.15, -0.1) is 10.2 Å². The zero-order valence-corrected chi connectivity index (χ0v) is 14.0. The molecule has 0 radical (unpaired) electrons. The van der Waals surface area contributed by atoms with Crippen molar-refractivity contribution in [3.63, 3.8) is 0 Å². The van der Waals surface area contributed by atoms with Crippen LogP contribution in [0.5, 0.6) is 0 Å². The molecule has 1 amide bonds. The number of morpholine rings is 1. The first-order chi connectivity index (χ1) is 10.8. The number of carbonyl (C=O) groups excluding carboxylic acids is 1. The van der Waals surface area contributed by atoms with E-state index in [1.165, 1.54) is 43.9 Å². The summed E-state index contributed by atoms with van der Waals surface area (Å²) in [6, 6.07) is 0.504. The second-order valence-corrected chi connectivity index (χ2v) is 6.92. The minimum atomic E-state index is 0.171. The molecule has 1 saturated heterocycles. The highest BCUT2D eigenvalue weighted by atomic mass is 32.2. The molecule has 3 rings (SSSR count). The lowest BCUT2D eigenvalue weighted by Gasteiger charge is -2.27. The number of hydrogen-bond donors (Lipinski definition) is 0. The Kier molecular flexibility index (Phi) is 5.36. The zero-order valence-electron chi connectivity index (χ0n) is 13.2. The molecule has 0 aromatic carbocycles. The highest BCUT2D eigenvalue weighted by Gasteiger charge is 2.23. The van der Waals surface area contributed by atoms with Crippen LogP contribution in [0.3, 0.4) is 0 Å². The van der Waals surface area contributed by atoms with Gasteiger partial charge in [0.15, 0.2) is 5.16 Å². The van der Waals surface area contributed by atoms with E-state index in [9.17, 15) is 4.79 Å². The summed E-state index contributed by atoms with van der Waals surface area (Å²) in [5.41, 5.74) is 0. The molecule has 2 heterocycles. The lowest BCUT2D eigenvalue weighted by Crippen LogP contribution is -2.41. The Morgan fingerprint density at radius 1 is 1.23 bits per heavy atom. The Morgan fingerprint density at radius 3 is 2.68 bits per heavy atom. The van der Waals surface area contributed by atoms with Crippen molar-refractivity contribution >= 4 is 17.7 Å². The van der Waals surface area contributed by atoms with E-state index in [-0.39, 0.29) is 5.91 Å². The average Bonchev–Trinajstić information content (AvgIpc) is 2.95. The van der Waals surface area contributed by atoms with Crippen molar-refractivity contribution in [1.82, 2.24) is 19.7 Å². The number of hydrogen-bond acceptors (Lipinski definition) is 5. The van der Waals surface area contributed by atoms with Gasteiger partial charge in [0.25, 0.3) is 0 Å². The summed E-state index contributed by atoms with van der Waals surface area (Å²) < 4.78 is 7.53. The van der Waals surface area contributed by atoms with E-state index in [4.69, 9.17) is 4.74 Å². The van der Waals surface area contributed by atoms with Crippen LogP contribution < -0.4 is 0 Å². The van der Waals surface area contributed by atoms with Crippen LogP contribution in [0, 0.1) is 6.92 Å². The Bertz CT molecular complexity index is 508. The highest BCUT2D eigenvalue weighted by molar-refractivity contribution is 7.99. The lowest BCUT2D eigenvalue weighted by atomic mass is 9.95. The third-order valence-electron chi connectivity index (χ3n) is 4.46. The molecule has 0 atom stereocenters. The van der Waals surface area contributed by atoms with Gasteiger partial charge in [-0.25, -0.2) is 0 Å². The molecular formula is C15H24N4O2S. The largest absolute Gasteiger partial charge is 0.378 e. The zero-order chi connectivity index (χ0) is 15.4. The number of nitrogens with zero attached hydrogens (tertiary/aromatic N) is 4. The maximum Gasteiger partial charge on any atom is 0.233 e. The normalized spacial score (nSPS) is 20.3. The minimum absolute atomic E-state index is 0.171. The summed E-state index contributed by atoms with van der Waals surface area (Å²) >= 11 is 1.52. The quantitative estimate of drug-likeness (QED) is 0.793. The van der Waals surface area contributed by atoms with Gasteiger partial charge in [0.05, 0.1) is 19.0 Å². The summed E-state index contributed by atoms with van der Waals surface area (Å²) in [4.78, 5) is 14.1. The molecule has 7 heteroatoms. The van der Waals surface area contributed by atoms with Gasteiger partial charge in [-0.2, -0.15) is 0 Å². The van der Waals surface area contributed by atoms with Crippen molar-refractivity contribution in [2.45, 2.75) is 50.2 Å². The van der Waals surface area contributed by atoms with Crippen LogP contribution >= 0.6 is 11.8 Å². The first-order valence-corrected chi connectivity index (χ1v) is 9.14. The van der Waals surface area contributed by atoms with Crippen LogP contribution in [0.15, 0.2) is 5.16 Å². The molecular weight excluding hydrogens is 300 g/mol. The summed E-state index contributed by atoms with van der Waals surface area (Å²) in [6.45, 7) is 4.71. The third kappa shape index (κ3) is 3.63. The second kappa shape index (κ2) is 7.46. The lowest BCUT2D eigenvalue weighted by molar-refractivity contribution is -0.132. The van der Waals surface area contributed by atoms with E-state index < -0.39 is 0 Å². The molecule has 0 spiro atoms. The van der Waals surface area contributed by atoms with Crippen LogP contribution in [0.2, 0.25) is 0 Å². The molecule has 0 bridgehead atoms. The van der Waals surface area contributed by atoms with E-state index in [1.807, 2.05) is 11.8 Å². The monoisotopic (exact) mass is 324 g/mol. The minimum Gasteiger partial charge on any atom is -0.378 e. The Hall–Kier alpha value is -1.08. The van der Waals surface area contributed by atoms with Crippen molar-refractivity contribution < 1.29 is 9.53 Å². The van der Waals surface area contributed by atoms with Gasteiger partial charge >= 0.3 is 0 Å². The van der Waals surface area contributed by atoms with Crippen LogP contribution in [0.1, 0.15) is 44.0 Å². The average molecular weight is 324 g/mol. The number of aromatic nitrogens is 3. The van der Waals surface area contributed by atoms with E-state index in [0.29, 0.717) is 38.1 Å². The van der Waals surface area contributed by atoms with Gasteiger partial charge in [-0.05, 0) is 19.8 Å². The van der Waals surface area contributed by atoms with E-state index in [0.717, 1.165) is 11.0 Å². The number of carbonyl (C=O) groups is 1. The Morgan fingerprint density at radius 2 is 1.95 bits per heavy atom. The molecule has 22 heavy (non-hydrogen) atoms. The molecule has 1 aromatic rings. The molecule has 2 fully saturated rings. The fourth-order valence-corrected chi connectivity index (χ4v) is 4.19. The smallest absolute Gasteiger partial charge is 0.233 e. The van der Waals surface area contributed by atoms with E-state index in [2.05, 4.69) is 14.8 Å². The molecule has 1 aliphatic carbocycles. The SMILES string of the molecule is Cc1nnc(SCC(=O)N2CCOCC2)n1C1CCCCC1. The third-order valence-corrected chi connectivity index (χ3v) is 5.39. The van der Waals surface area contributed by atoms with Gasteiger partial charge in [-0.1, -0.05) is 31.0 Å². The number of aryl methyl sites for hydroxylation is 1. The standard InChI is InChI=1S/C15H24N4O2S/c1-12-16-17-15(19(12)13-5-3-2-4-6-13)22-11-14(20)18-7-9-21-10-8-18/h13H,2-11H2,1H3. The maximum atomic E-state index is 12.3. The Balaban J connectivity index is 1.61. The number of thioether (sulfide) groups is 1. The van der Waals surface area contributed by atoms with E-state index in [1.54, 1.807) is 0 Å². The first-order valence-electron chi connectivity index (χ1n) is 8.15. The van der Waals surface area contributed by atoms with Gasteiger partial charge in [-0.3, -0.25) is 4.79 Å². The van der Waals surface area contributed by atoms with Crippen LogP contribution in [0.4, 0.5) is 0 Å². The van der Waals surface area contributed by atoms with Crippen molar-refractivity contribution in [2.24, 2.45) is 0 Å². The van der Waals surface area contributed by atoms with Gasteiger partial charge in [0, 0.05) is 19.1 Å². The van der Waals surface area contributed by atoms with Crippen LogP contribution in [0.25, 0.3) is 0 Å². The number of ether oxygens (including phenoxy) is 1. The topological polar surface area (TPSA) is 60.3 Å². The fourth-order valence-electron chi connectivity index (χ4n) is 3.24. The van der Waals surface area contributed by atoms with E-state index >= 15 is 0 Å². The van der Waals surface area contributed by atoms with Crippen molar-refractivity contribution in [3.05, 3.63) is 5.82 Å². The highest BCUT2D eigenvalue weighted by Crippen LogP contribution is 2.32. The predicted molar refractivity (Wildman–Crippen MR) is 85.0 cm³/mol. The van der Waals surface area contributed by atoms with Gasteiger partial charge in [0.2, 0.25) is 5.91 Å². The van der Waals surface area contributed by atoms with Gasteiger partial charge in [0.1, 0.15) is 5.82 Å². The maximum absolute atomic E-state index is 12.3. The predicted octanol–water partition coefficient (Wildman–Crippen LogP) is 2.04. The molecule has 122 valence electrons. The summed E-state index contributed by atoms with van der Waals surface area (Å²) in [6.07, 6.45) is 6.28. The van der Waals surface area contributed by atoms with Crippen molar-refractivity contribution in [3.8, 4) is 0 Å². The molecule has 0 N–H and O–H groups in total. The first kappa shape index (κ1) is 15.8. The molecule has 1 aromatic heterocycles. The molecule has 1 saturated carbocycles. The van der Waals surface area contributed by atoms with Crippen LogP contribution in [-0.4, -0.2) is 57.6 Å². The fraction of sp³-hybridized carbons (Fsp3) is 0.800. The summed E-state index contributed by atoms with van der Waals surface area (Å²) in [7, 11) is 0. The summed E-state index contributed by atoms with van der Waals surface area (Å²) in [5, 5.41) is 9.41. The van der Waals surface area contributed by atoms with Crippen LogP contribution in [-0.2, 0) is 9.53 Å². The molecule has 2 aliphatic rings. The summed E-state index contributed by atoms with van der Waals surface area (Å²) in [5.74, 6) is 1.57. The molecule has 6 nitrogen and oxygen atoms in total. The second-order valence-electron chi connectivity index (χ2n) is 5.97. The number of rotatable bonds is 4. The molecule has 1 aliphatic heterocycles. The Labute approximate surface area is 135 Å². The van der Waals surface area contributed by atoms with Crippen molar-refractivity contribution in [2.75, 3.05) is 32.1 Å². The van der Waals surface area contributed by atoms with Crippen molar-refractivity contribution in [1.29, 1.82) is 0 Å². The number of amides is 1. The molecule has 0 unspecified atom stereocenters.